The Bertz CT molecular complexity index is 337. The first-order valence-electron chi connectivity index (χ1n) is 5.15. The standard InChI is InChI=1S/C11H15ClN2S/c12-8-1-2-11(10(13)7-8)14-9-3-5-15-6-4-9/h1-2,7,9,14H,3-6,13H2. The summed E-state index contributed by atoms with van der Waals surface area (Å²) in [5.74, 6) is 2.48. The summed E-state index contributed by atoms with van der Waals surface area (Å²) < 4.78 is 0. The van der Waals surface area contributed by atoms with E-state index in [1.165, 1.54) is 24.3 Å². The molecule has 0 aliphatic carbocycles. The van der Waals surface area contributed by atoms with Crippen molar-refractivity contribution in [3.8, 4) is 0 Å². The van der Waals surface area contributed by atoms with Crippen LogP contribution in [-0.4, -0.2) is 17.5 Å². The molecule has 0 saturated carbocycles. The molecule has 1 heterocycles. The highest BCUT2D eigenvalue weighted by atomic mass is 35.5. The van der Waals surface area contributed by atoms with Crippen molar-refractivity contribution in [2.75, 3.05) is 22.6 Å². The minimum atomic E-state index is 0.565. The summed E-state index contributed by atoms with van der Waals surface area (Å²) in [6.07, 6.45) is 2.43. The van der Waals surface area contributed by atoms with Gasteiger partial charge in [-0.05, 0) is 42.5 Å². The van der Waals surface area contributed by atoms with Gasteiger partial charge in [0.1, 0.15) is 0 Å². The number of nitrogens with two attached hydrogens (primary N) is 1. The van der Waals surface area contributed by atoms with E-state index in [0.717, 1.165) is 11.4 Å². The summed E-state index contributed by atoms with van der Waals surface area (Å²) in [6.45, 7) is 0. The topological polar surface area (TPSA) is 38.0 Å². The van der Waals surface area contributed by atoms with Crippen LogP contribution in [0.3, 0.4) is 0 Å². The lowest BCUT2D eigenvalue weighted by Crippen LogP contribution is -2.24. The van der Waals surface area contributed by atoms with E-state index in [0.29, 0.717) is 11.1 Å². The Morgan fingerprint density at radius 2 is 2.07 bits per heavy atom. The van der Waals surface area contributed by atoms with Crippen LogP contribution in [0.25, 0.3) is 0 Å². The molecule has 1 aliphatic rings. The summed E-state index contributed by atoms with van der Waals surface area (Å²) in [6, 6.07) is 6.19. The predicted octanol–water partition coefficient (Wildman–Crippen LogP) is 3.23. The molecule has 82 valence electrons. The molecule has 3 N–H and O–H groups in total. The molecule has 1 aromatic carbocycles. The van der Waals surface area contributed by atoms with Gasteiger partial charge in [-0.25, -0.2) is 0 Å². The first kappa shape index (κ1) is 11.0. The van der Waals surface area contributed by atoms with E-state index in [-0.39, 0.29) is 0 Å². The van der Waals surface area contributed by atoms with Crippen LogP contribution in [0, 0.1) is 0 Å². The highest BCUT2D eigenvalue weighted by Gasteiger charge is 2.14. The average molecular weight is 243 g/mol. The summed E-state index contributed by atoms with van der Waals surface area (Å²) in [5, 5.41) is 4.17. The number of rotatable bonds is 2. The van der Waals surface area contributed by atoms with Crippen LogP contribution in [0.15, 0.2) is 18.2 Å². The van der Waals surface area contributed by atoms with Crippen LogP contribution in [0.4, 0.5) is 11.4 Å². The minimum Gasteiger partial charge on any atom is -0.397 e. The van der Waals surface area contributed by atoms with Crippen molar-refractivity contribution in [3.63, 3.8) is 0 Å². The van der Waals surface area contributed by atoms with Gasteiger partial charge in [-0.15, -0.1) is 0 Å². The van der Waals surface area contributed by atoms with Crippen LogP contribution in [0.5, 0.6) is 0 Å². The molecule has 0 spiro atoms. The molecule has 2 nitrogen and oxygen atoms in total. The lowest BCUT2D eigenvalue weighted by molar-refractivity contribution is 0.667. The smallest absolute Gasteiger partial charge is 0.0577 e. The highest BCUT2D eigenvalue weighted by molar-refractivity contribution is 7.99. The number of nitrogen functional groups attached to an aromatic ring is 1. The molecular weight excluding hydrogens is 228 g/mol. The zero-order valence-corrected chi connectivity index (χ0v) is 10.1. The van der Waals surface area contributed by atoms with Crippen LogP contribution >= 0.6 is 23.4 Å². The third-order valence-corrected chi connectivity index (χ3v) is 3.88. The second-order valence-electron chi connectivity index (χ2n) is 3.76. The van der Waals surface area contributed by atoms with E-state index in [2.05, 4.69) is 5.32 Å². The maximum Gasteiger partial charge on any atom is 0.0577 e. The van der Waals surface area contributed by atoms with Crippen LogP contribution in [-0.2, 0) is 0 Å². The average Bonchev–Trinajstić information content (AvgIpc) is 2.24. The molecule has 0 radical (unpaired) electrons. The maximum absolute atomic E-state index is 5.89. The van der Waals surface area contributed by atoms with E-state index < -0.39 is 0 Å². The molecule has 1 saturated heterocycles. The van der Waals surface area contributed by atoms with Gasteiger partial charge in [0.2, 0.25) is 0 Å². The minimum absolute atomic E-state index is 0.565. The Morgan fingerprint density at radius 3 is 2.73 bits per heavy atom. The lowest BCUT2D eigenvalue weighted by atomic mass is 10.1. The van der Waals surface area contributed by atoms with Crippen molar-refractivity contribution < 1.29 is 0 Å². The largest absolute Gasteiger partial charge is 0.397 e. The Morgan fingerprint density at radius 1 is 1.33 bits per heavy atom. The normalized spacial score (nSPS) is 17.7. The monoisotopic (exact) mass is 242 g/mol. The molecule has 0 bridgehead atoms. The van der Waals surface area contributed by atoms with Gasteiger partial charge in [0.15, 0.2) is 0 Å². The Hall–Kier alpha value is -0.540. The summed E-state index contributed by atoms with van der Waals surface area (Å²) >= 11 is 7.87. The van der Waals surface area contributed by atoms with Gasteiger partial charge in [0.25, 0.3) is 0 Å². The number of halogens is 1. The second-order valence-corrected chi connectivity index (χ2v) is 5.42. The van der Waals surface area contributed by atoms with Crippen LogP contribution in [0.1, 0.15) is 12.8 Å². The van der Waals surface area contributed by atoms with Gasteiger partial charge in [0, 0.05) is 11.1 Å². The SMILES string of the molecule is Nc1cc(Cl)ccc1NC1CCSCC1. The fraction of sp³-hybridized carbons (Fsp3) is 0.455. The molecule has 0 amide bonds. The zero-order valence-electron chi connectivity index (χ0n) is 8.50. The van der Waals surface area contributed by atoms with Gasteiger partial charge in [0.05, 0.1) is 11.4 Å². The van der Waals surface area contributed by atoms with Crippen molar-refractivity contribution in [1.29, 1.82) is 0 Å². The molecule has 1 fully saturated rings. The molecule has 1 aromatic rings. The number of hydrogen-bond acceptors (Lipinski definition) is 3. The van der Waals surface area contributed by atoms with Crippen molar-refractivity contribution >= 4 is 34.7 Å². The van der Waals surface area contributed by atoms with Crippen LogP contribution in [0.2, 0.25) is 5.02 Å². The molecule has 15 heavy (non-hydrogen) atoms. The summed E-state index contributed by atoms with van der Waals surface area (Å²) in [5.41, 5.74) is 7.63. The highest BCUT2D eigenvalue weighted by Crippen LogP contribution is 2.26. The Balaban J connectivity index is 2.03. The summed E-state index contributed by atoms with van der Waals surface area (Å²) in [7, 11) is 0. The molecular formula is C11H15ClN2S. The molecule has 0 aromatic heterocycles. The van der Waals surface area contributed by atoms with Gasteiger partial charge < -0.3 is 11.1 Å². The molecule has 0 unspecified atom stereocenters. The van der Waals surface area contributed by atoms with E-state index in [1.807, 2.05) is 23.9 Å². The first-order chi connectivity index (χ1) is 7.25. The Labute approximate surface area is 99.6 Å². The number of benzene rings is 1. The van der Waals surface area contributed by atoms with Gasteiger partial charge >= 0.3 is 0 Å². The third-order valence-electron chi connectivity index (χ3n) is 2.59. The molecule has 2 rings (SSSR count). The molecule has 1 aliphatic heterocycles. The number of nitrogens with one attached hydrogen (secondary N) is 1. The number of thioether (sulfide) groups is 1. The van der Waals surface area contributed by atoms with Crippen molar-refractivity contribution in [3.05, 3.63) is 23.2 Å². The molecule has 4 heteroatoms. The second kappa shape index (κ2) is 4.99. The lowest BCUT2D eigenvalue weighted by Gasteiger charge is -2.24. The maximum atomic E-state index is 5.89. The summed E-state index contributed by atoms with van der Waals surface area (Å²) in [4.78, 5) is 0. The zero-order chi connectivity index (χ0) is 10.7. The number of hydrogen-bond donors (Lipinski definition) is 2. The van der Waals surface area contributed by atoms with Gasteiger partial charge in [-0.1, -0.05) is 11.6 Å². The fourth-order valence-electron chi connectivity index (χ4n) is 1.73. The van der Waals surface area contributed by atoms with Crippen LogP contribution < -0.4 is 11.1 Å². The van der Waals surface area contributed by atoms with E-state index in [4.69, 9.17) is 17.3 Å². The molecule has 0 atom stereocenters. The quantitative estimate of drug-likeness (QED) is 0.782. The Kier molecular flexibility index (Phi) is 3.65. The first-order valence-corrected chi connectivity index (χ1v) is 6.68. The van der Waals surface area contributed by atoms with E-state index >= 15 is 0 Å². The van der Waals surface area contributed by atoms with Crippen molar-refractivity contribution in [2.24, 2.45) is 0 Å². The third kappa shape index (κ3) is 2.95. The van der Waals surface area contributed by atoms with E-state index in [9.17, 15) is 0 Å². The van der Waals surface area contributed by atoms with Crippen molar-refractivity contribution in [2.45, 2.75) is 18.9 Å². The van der Waals surface area contributed by atoms with E-state index in [1.54, 1.807) is 6.07 Å². The van der Waals surface area contributed by atoms with Gasteiger partial charge in [-0.2, -0.15) is 11.8 Å². The number of anilines is 2. The fourth-order valence-corrected chi connectivity index (χ4v) is 3.01. The van der Waals surface area contributed by atoms with Crippen molar-refractivity contribution in [1.82, 2.24) is 0 Å². The predicted molar refractivity (Wildman–Crippen MR) is 69.8 cm³/mol. The van der Waals surface area contributed by atoms with Gasteiger partial charge in [-0.3, -0.25) is 0 Å².